The van der Waals surface area contributed by atoms with Crippen LogP contribution in [-0.4, -0.2) is 50.4 Å². The molecule has 0 saturated carbocycles. The standard InChI is InChI=1S/C24H25ClN4O3S/c1-17-5-10-21(16-18(17)2)33(31,32)27-20-8-6-19(7-9-20)24(30)29-14-12-28(13-15-29)23-22(25)4-3-11-26-23/h3-11,16,27H,12-15H2,1-2H3. The molecule has 0 spiro atoms. The summed E-state index contributed by atoms with van der Waals surface area (Å²) in [6.07, 6.45) is 1.70. The Morgan fingerprint density at radius 1 is 0.970 bits per heavy atom. The van der Waals surface area contributed by atoms with Crippen molar-refractivity contribution in [2.24, 2.45) is 0 Å². The van der Waals surface area contributed by atoms with Crippen LogP contribution in [0.5, 0.6) is 0 Å². The van der Waals surface area contributed by atoms with Crippen LogP contribution >= 0.6 is 11.6 Å². The summed E-state index contributed by atoms with van der Waals surface area (Å²) in [5.74, 6) is 0.636. The molecule has 0 radical (unpaired) electrons. The number of piperazine rings is 1. The van der Waals surface area contributed by atoms with Gasteiger partial charge in [0.05, 0.1) is 9.92 Å². The Hall–Kier alpha value is -3.10. The molecule has 1 aromatic heterocycles. The number of nitrogens with zero attached hydrogens (tertiary/aromatic N) is 3. The van der Waals surface area contributed by atoms with Gasteiger partial charge in [-0.05, 0) is 73.5 Å². The SMILES string of the molecule is Cc1ccc(S(=O)(=O)Nc2ccc(C(=O)N3CCN(c4ncccc4Cl)CC3)cc2)cc1C. The highest BCUT2D eigenvalue weighted by Gasteiger charge is 2.24. The van der Waals surface area contributed by atoms with Crippen molar-refractivity contribution < 1.29 is 13.2 Å². The van der Waals surface area contributed by atoms with Gasteiger partial charge in [-0.2, -0.15) is 0 Å². The molecule has 1 N–H and O–H groups in total. The van der Waals surface area contributed by atoms with Crippen molar-refractivity contribution in [2.45, 2.75) is 18.7 Å². The molecule has 1 aliphatic heterocycles. The number of pyridine rings is 1. The predicted octanol–water partition coefficient (Wildman–Crippen LogP) is 4.12. The number of carbonyl (C=O) groups is 1. The summed E-state index contributed by atoms with van der Waals surface area (Å²) in [5.41, 5.74) is 2.85. The Morgan fingerprint density at radius 3 is 2.30 bits per heavy atom. The fraction of sp³-hybridized carbons (Fsp3) is 0.250. The van der Waals surface area contributed by atoms with Gasteiger partial charge in [0.2, 0.25) is 0 Å². The molecular weight excluding hydrogens is 460 g/mol. The molecule has 172 valence electrons. The Morgan fingerprint density at radius 2 is 1.67 bits per heavy atom. The lowest BCUT2D eigenvalue weighted by molar-refractivity contribution is 0.0746. The largest absolute Gasteiger partial charge is 0.352 e. The first-order valence-electron chi connectivity index (χ1n) is 10.6. The molecule has 33 heavy (non-hydrogen) atoms. The number of nitrogens with one attached hydrogen (secondary N) is 1. The lowest BCUT2D eigenvalue weighted by Crippen LogP contribution is -2.49. The number of anilines is 2. The van der Waals surface area contributed by atoms with Crippen molar-refractivity contribution in [3.05, 3.63) is 82.5 Å². The van der Waals surface area contributed by atoms with Crippen LogP contribution in [0.1, 0.15) is 21.5 Å². The third kappa shape index (κ3) is 5.12. The van der Waals surface area contributed by atoms with Crippen molar-refractivity contribution in [3.8, 4) is 0 Å². The number of amides is 1. The fourth-order valence-corrected chi connectivity index (χ4v) is 5.07. The van der Waals surface area contributed by atoms with Gasteiger partial charge >= 0.3 is 0 Å². The number of aryl methyl sites for hydroxylation is 2. The number of hydrogen-bond donors (Lipinski definition) is 1. The Bertz CT molecular complexity index is 1270. The number of benzene rings is 2. The van der Waals surface area contributed by atoms with Crippen molar-refractivity contribution in [1.82, 2.24) is 9.88 Å². The van der Waals surface area contributed by atoms with Crippen molar-refractivity contribution in [1.29, 1.82) is 0 Å². The highest BCUT2D eigenvalue weighted by molar-refractivity contribution is 7.92. The minimum absolute atomic E-state index is 0.0923. The van der Waals surface area contributed by atoms with Crippen LogP contribution in [0.4, 0.5) is 11.5 Å². The van der Waals surface area contributed by atoms with Gasteiger partial charge in [0.15, 0.2) is 0 Å². The van der Waals surface area contributed by atoms with E-state index in [-0.39, 0.29) is 10.8 Å². The van der Waals surface area contributed by atoms with E-state index in [1.165, 1.54) is 0 Å². The van der Waals surface area contributed by atoms with E-state index in [1.54, 1.807) is 65.7 Å². The van der Waals surface area contributed by atoms with Crippen molar-refractivity contribution in [3.63, 3.8) is 0 Å². The first kappa shape index (κ1) is 23.1. The topological polar surface area (TPSA) is 82.6 Å². The summed E-state index contributed by atoms with van der Waals surface area (Å²) in [4.78, 5) is 21.3. The molecule has 0 bridgehead atoms. The maximum Gasteiger partial charge on any atom is 0.261 e. The Balaban J connectivity index is 1.39. The number of aromatic nitrogens is 1. The zero-order valence-corrected chi connectivity index (χ0v) is 20.0. The molecule has 7 nitrogen and oxygen atoms in total. The van der Waals surface area contributed by atoms with Crippen molar-refractivity contribution >= 4 is 39.0 Å². The second-order valence-corrected chi connectivity index (χ2v) is 10.1. The van der Waals surface area contributed by atoms with E-state index in [9.17, 15) is 13.2 Å². The van der Waals surface area contributed by atoms with Crippen LogP contribution in [0.25, 0.3) is 0 Å². The number of carbonyl (C=O) groups excluding carboxylic acids is 1. The van der Waals surface area contributed by atoms with Crippen LogP contribution in [0, 0.1) is 13.8 Å². The van der Waals surface area contributed by atoms with Crippen LogP contribution in [0.15, 0.2) is 65.7 Å². The maximum absolute atomic E-state index is 12.9. The molecule has 0 aliphatic carbocycles. The second-order valence-electron chi connectivity index (χ2n) is 8.02. The predicted molar refractivity (Wildman–Crippen MR) is 131 cm³/mol. The summed E-state index contributed by atoms with van der Waals surface area (Å²) >= 11 is 6.23. The normalized spacial score (nSPS) is 14.3. The fourth-order valence-electron chi connectivity index (χ4n) is 3.69. The minimum Gasteiger partial charge on any atom is -0.352 e. The molecular formula is C24H25ClN4O3S. The molecule has 4 rings (SSSR count). The van der Waals surface area contributed by atoms with Crippen LogP contribution in [0.3, 0.4) is 0 Å². The van der Waals surface area contributed by atoms with Gasteiger partial charge in [-0.3, -0.25) is 9.52 Å². The lowest BCUT2D eigenvalue weighted by Gasteiger charge is -2.35. The molecule has 3 aromatic rings. The molecule has 2 aromatic carbocycles. The maximum atomic E-state index is 12.9. The van der Waals surface area contributed by atoms with Crippen LogP contribution in [0.2, 0.25) is 5.02 Å². The molecule has 0 unspecified atom stereocenters. The van der Waals surface area contributed by atoms with Crippen LogP contribution < -0.4 is 9.62 Å². The van der Waals surface area contributed by atoms with Gasteiger partial charge < -0.3 is 9.80 Å². The molecule has 0 atom stereocenters. The Labute approximate surface area is 199 Å². The first-order chi connectivity index (χ1) is 15.7. The zero-order valence-electron chi connectivity index (χ0n) is 18.5. The number of rotatable bonds is 5. The third-order valence-electron chi connectivity index (χ3n) is 5.78. The summed E-state index contributed by atoms with van der Waals surface area (Å²) in [6, 6.07) is 15.1. The highest BCUT2D eigenvalue weighted by Crippen LogP contribution is 2.24. The smallest absolute Gasteiger partial charge is 0.261 e. The third-order valence-corrected chi connectivity index (χ3v) is 7.45. The number of hydrogen-bond acceptors (Lipinski definition) is 5. The van der Waals surface area contributed by atoms with E-state index < -0.39 is 10.0 Å². The molecule has 2 heterocycles. The average molecular weight is 485 g/mol. The average Bonchev–Trinajstić information content (AvgIpc) is 2.81. The monoisotopic (exact) mass is 484 g/mol. The quantitative estimate of drug-likeness (QED) is 0.589. The summed E-state index contributed by atoms with van der Waals surface area (Å²) < 4.78 is 28.0. The van der Waals surface area contributed by atoms with E-state index in [0.29, 0.717) is 42.5 Å². The van der Waals surface area contributed by atoms with Gasteiger partial charge in [-0.25, -0.2) is 13.4 Å². The number of halogens is 1. The van der Waals surface area contributed by atoms with Gasteiger partial charge in [0.1, 0.15) is 5.82 Å². The van der Waals surface area contributed by atoms with Crippen LogP contribution in [-0.2, 0) is 10.0 Å². The summed E-state index contributed by atoms with van der Waals surface area (Å²) in [7, 11) is -3.71. The molecule has 9 heteroatoms. The van der Waals surface area contributed by atoms with E-state index in [1.807, 2.05) is 13.8 Å². The summed E-state index contributed by atoms with van der Waals surface area (Å²) in [6.45, 7) is 6.18. The van der Waals surface area contributed by atoms with Gasteiger partial charge in [-0.1, -0.05) is 17.7 Å². The van der Waals surface area contributed by atoms with E-state index in [4.69, 9.17) is 11.6 Å². The Kier molecular flexibility index (Phi) is 6.58. The summed E-state index contributed by atoms with van der Waals surface area (Å²) in [5, 5.41) is 0.594. The van der Waals surface area contributed by atoms with E-state index in [0.717, 1.165) is 16.9 Å². The lowest BCUT2D eigenvalue weighted by atomic mass is 10.1. The van der Waals surface area contributed by atoms with Gasteiger partial charge in [0.25, 0.3) is 15.9 Å². The first-order valence-corrected chi connectivity index (χ1v) is 12.5. The van der Waals surface area contributed by atoms with Gasteiger partial charge in [0, 0.05) is 43.6 Å². The molecule has 1 aliphatic rings. The van der Waals surface area contributed by atoms with E-state index in [2.05, 4.69) is 14.6 Å². The number of sulfonamides is 1. The highest BCUT2D eigenvalue weighted by atomic mass is 35.5. The van der Waals surface area contributed by atoms with E-state index >= 15 is 0 Å². The minimum atomic E-state index is -3.71. The zero-order chi connectivity index (χ0) is 23.6. The molecule has 1 saturated heterocycles. The van der Waals surface area contributed by atoms with Crippen molar-refractivity contribution in [2.75, 3.05) is 35.8 Å². The second kappa shape index (κ2) is 9.41. The van der Waals surface area contributed by atoms with Gasteiger partial charge in [-0.15, -0.1) is 0 Å². The molecule has 1 amide bonds. The molecule has 1 fully saturated rings.